The van der Waals surface area contributed by atoms with Gasteiger partial charge in [0.1, 0.15) is 0 Å². The van der Waals surface area contributed by atoms with Crippen molar-refractivity contribution in [2.75, 3.05) is 0 Å². The third kappa shape index (κ3) is 5.50. The minimum Gasteiger partial charge on any atom is -0.316 e. The zero-order chi connectivity index (χ0) is 40.5. The van der Waals surface area contributed by atoms with Gasteiger partial charge < -0.3 is 4.57 Å². The number of hydrogen-bond acceptors (Lipinski definition) is 1. The molecule has 0 saturated heterocycles. The summed E-state index contributed by atoms with van der Waals surface area (Å²) in [4.78, 5) is 0. The summed E-state index contributed by atoms with van der Waals surface area (Å²) in [5.74, 6) is 0. The summed E-state index contributed by atoms with van der Waals surface area (Å²) >= 11 is 1.88. The molecule has 1 aliphatic carbocycles. The van der Waals surface area contributed by atoms with E-state index >= 15 is 0 Å². The zero-order valence-electron chi connectivity index (χ0n) is 34.0. The van der Waals surface area contributed by atoms with Crippen LogP contribution in [0.4, 0.5) is 11.4 Å². The molecule has 0 unspecified atom stereocenters. The second-order valence-electron chi connectivity index (χ2n) is 16.3. The van der Waals surface area contributed by atoms with Crippen LogP contribution in [-0.2, 0) is 5.41 Å². The molecule has 0 amide bonds. The number of rotatable bonds is 7. The largest absolute Gasteiger partial charge is 0.316 e. The highest BCUT2D eigenvalue weighted by atomic mass is 32.1. The van der Waals surface area contributed by atoms with Crippen molar-refractivity contribution in [2.24, 2.45) is 0 Å². The van der Waals surface area contributed by atoms with Gasteiger partial charge in [-0.2, -0.15) is 4.58 Å². The number of benzene rings is 7. The quantitative estimate of drug-likeness (QED) is 0.112. The molecular formula is C57H43N2S+. The average molecular weight is 788 g/mol. The van der Waals surface area contributed by atoms with Crippen LogP contribution < -0.4 is 4.58 Å². The molecule has 0 atom stereocenters. The Labute approximate surface area is 355 Å². The molecule has 60 heavy (non-hydrogen) atoms. The first-order chi connectivity index (χ1) is 29.4. The first kappa shape index (κ1) is 36.0. The van der Waals surface area contributed by atoms with Crippen molar-refractivity contribution < 1.29 is 0 Å². The molecule has 0 radical (unpaired) electrons. The van der Waals surface area contributed by atoms with Gasteiger partial charge in [0.25, 0.3) is 0 Å². The first-order valence-electron chi connectivity index (χ1n) is 20.7. The molecule has 9 aromatic rings. The van der Waals surface area contributed by atoms with Crippen LogP contribution in [0.15, 0.2) is 189 Å². The van der Waals surface area contributed by atoms with Crippen LogP contribution in [0.3, 0.4) is 0 Å². The molecule has 0 bridgehead atoms. The number of thiophene rings is 1. The van der Waals surface area contributed by atoms with Crippen LogP contribution >= 0.6 is 11.3 Å². The van der Waals surface area contributed by atoms with Crippen LogP contribution in [0, 0.1) is 0 Å². The minimum absolute atomic E-state index is 0.0800. The molecular weight excluding hydrogens is 745 g/mol. The van der Waals surface area contributed by atoms with E-state index in [-0.39, 0.29) is 5.41 Å². The fourth-order valence-electron chi connectivity index (χ4n) is 9.71. The molecule has 286 valence electrons. The molecule has 1 aliphatic heterocycles. The van der Waals surface area contributed by atoms with Gasteiger partial charge in [-0.3, -0.25) is 0 Å². The van der Waals surface area contributed by atoms with Crippen LogP contribution in [0.2, 0.25) is 0 Å². The Balaban J connectivity index is 1.09. The van der Waals surface area contributed by atoms with Gasteiger partial charge in [-0.15, -0.1) is 11.3 Å². The predicted molar refractivity (Wildman–Crippen MR) is 262 cm³/mol. The fraction of sp³-hybridized carbons (Fsp3) is 0.0702. The Kier molecular flexibility index (Phi) is 8.44. The van der Waals surface area contributed by atoms with E-state index in [4.69, 9.17) is 0 Å². The second kappa shape index (κ2) is 14.0. The van der Waals surface area contributed by atoms with Crippen molar-refractivity contribution in [3.63, 3.8) is 0 Å². The highest BCUT2D eigenvalue weighted by molar-refractivity contribution is 7.26. The van der Waals surface area contributed by atoms with Crippen molar-refractivity contribution in [1.82, 2.24) is 9.14 Å². The van der Waals surface area contributed by atoms with E-state index in [1.807, 2.05) is 29.6 Å². The number of fused-ring (bicyclic) bond motifs is 12. The van der Waals surface area contributed by atoms with Crippen molar-refractivity contribution in [3.05, 3.63) is 200 Å². The van der Waals surface area contributed by atoms with Crippen molar-refractivity contribution >= 4 is 77.1 Å². The molecule has 0 N–H and O–H groups in total. The van der Waals surface area contributed by atoms with Crippen LogP contribution in [0.25, 0.3) is 92.7 Å². The third-order valence-electron chi connectivity index (χ3n) is 12.6. The molecule has 2 aliphatic rings. The summed E-state index contributed by atoms with van der Waals surface area (Å²) in [6, 6.07) is 50.3. The smallest absolute Gasteiger partial charge is 0.219 e. The van der Waals surface area contributed by atoms with Gasteiger partial charge >= 0.3 is 0 Å². The Morgan fingerprint density at radius 1 is 0.533 bits per heavy atom. The van der Waals surface area contributed by atoms with Gasteiger partial charge in [-0.1, -0.05) is 130 Å². The number of hydrogen-bond donors (Lipinski definition) is 0. The van der Waals surface area contributed by atoms with E-state index < -0.39 is 0 Å². The molecule has 0 fully saturated rings. The lowest BCUT2D eigenvalue weighted by molar-refractivity contribution is 0.660. The minimum atomic E-state index is -0.0800. The SMILES string of the molecule is C=C/C=C\C=C/n1c2ccc(-c3ccc4c(c3)-c3cc5c(cc3[N+]4=C/C=C\C=C/C)C(C)(C)c3ccccc3-5)cc2c2cc(-c3cccc4c3sc3ccccc34)ccc21. The molecule has 11 rings (SSSR count). The summed E-state index contributed by atoms with van der Waals surface area (Å²) in [6.07, 6.45) is 20.6. The van der Waals surface area contributed by atoms with E-state index in [9.17, 15) is 0 Å². The molecule has 0 saturated carbocycles. The third-order valence-corrected chi connectivity index (χ3v) is 13.8. The van der Waals surface area contributed by atoms with E-state index in [0.717, 1.165) is 0 Å². The Morgan fingerprint density at radius 2 is 1.23 bits per heavy atom. The van der Waals surface area contributed by atoms with Crippen molar-refractivity contribution in [1.29, 1.82) is 0 Å². The van der Waals surface area contributed by atoms with Gasteiger partial charge in [0.05, 0.1) is 22.2 Å². The van der Waals surface area contributed by atoms with Crippen molar-refractivity contribution in [2.45, 2.75) is 26.2 Å². The Hall–Kier alpha value is -7.07. The van der Waals surface area contributed by atoms with Crippen LogP contribution in [0.1, 0.15) is 31.9 Å². The molecule has 2 nitrogen and oxygen atoms in total. The molecule has 0 spiro atoms. The Morgan fingerprint density at radius 3 is 2.08 bits per heavy atom. The van der Waals surface area contributed by atoms with Gasteiger partial charge in [0.2, 0.25) is 11.4 Å². The first-order valence-corrected chi connectivity index (χ1v) is 21.6. The maximum Gasteiger partial charge on any atom is 0.219 e. The van der Waals surface area contributed by atoms with Crippen LogP contribution in [0.5, 0.6) is 0 Å². The normalized spacial score (nSPS) is 14.9. The number of nitrogens with zero attached hydrogens (tertiary/aromatic N) is 2. The number of aromatic nitrogens is 1. The lowest BCUT2D eigenvalue weighted by Gasteiger charge is -2.21. The molecule has 3 heteroatoms. The summed E-state index contributed by atoms with van der Waals surface area (Å²) in [6.45, 7) is 10.6. The van der Waals surface area contributed by atoms with Gasteiger partial charge in [-0.25, -0.2) is 0 Å². The van der Waals surface area contributed by atoms with Crippen LogP contribution in [-0.4, -0.2) is 10.8 Å². The summed E-state index contributed by atoms with van der Waals surface area (Å²) in [5, 5.41) is 5.10. The highest BCUT2D eigenvalue weighted by Gasteiger charge is 2.40. The van der Waals surface area contributed by atoms with Gasteiger partial charge in [0, 0.05) is 60.8 Å². The Bertz CT molecular complexity index is 3430. The molecule has 2 aromatic heterocycles. The maximum absolute atomic E-state index is 3.86. The molecule has 3 heterocycles. The summed E-state index contributed by atoms with van der Waals surface area (Å²) in [7, 11) is 0. The van der Waals surface area contributed by atoms with Gasteiger partial charge in [0.15, 0.2) is 6.21 Å². The standard InChI is InChI=1S/C57H43N2S/c1-5-7-9-15-30-58-51-27-24-37(32-45(51)47-34-39(26-29-52(47)58)40-20-17-21-43-42-19-12-14-23-55(42)60-56(40)43)38-25-28-53-46(33-38)48-35-44-41-18-11-13-22-49(41)57(3,4)50(44)36-54(48)59(53)31-16-10-8-6-2/h5-36H,1H2,2-4H3/q+1/b8-6-,9-7-,16-10-,30-15-,59-31?. The van der Waals surface area contributed by atoms with E-state index in [1.54, 1.807) is 0 Å². The monoisotopic (exact) mass is 787 g/mol. The van der Waals surface area contributed by atoms with E-state index in [1.165, 1.54) is 109 Å². The van der Waals surface area contributed by atoms with Gasteiger partial charge in [-0.05, 0) is 106 Å². The predicted octanol–water partition coefficient (Wildman–Crippen LogP) is 16.0. The number of allylic oxidation sites excluding steroid dienone is 8. The summed E-state index contributed by atoms with van der Waals surface area (Å²) in [5.41, 5.74) is 17.6. The lowest BCUT2D eigenvalue weighted by Crippen LogP contribution is -2.15. The lowest BCUT2D eigenvalue weighted by atomic mass is 9.82. The highest BCUT2D eigenvalue weighted by Crippen LogP contribution is 2.55. The van der Waals surface area contributed by atoms with Crippen molar-refractivity contribution in [3.8, 4) is 44.5 Å². The summed E-state index contributed by atoms with van der Waals surface area (Å²) < 4.78 is 7.34. The van der Waals surface area contributed by atoms with E-state index in [2.05, 4.69) is 213 Å². The fourth-order valence-corrected chi connectivity index (χ4v) is 10.9. The van der Waals surface area contributed by atoms with E-state index in [0.29, 0.717) is 0 Å². The topological polar surface area (TPSA) is 7.94 Å². The molecule has 7 aromatic carbocycles. The second-order valence-corrected chi connectivity index (χ2v) is 17.4. The zero-order valence-corrected chi connectivity index (χ0v) is 34.8. The average Bonchev–Trinajstić information content (AvgIpc) is 3.98. The maximum atomic E-state index is 3.86.